The normalized spacial score (nSPS) is 10.2. The highest BCUT2D eigenvalue weighted by Gasteiger charge is 2.15. The molecule has 2 N–H and O–H groups in total. The van der Waals surface area contributed by atoms with Crippen molar-refractivity contribution in [1.29, 1.82) is 0 Å². The quantitative estimate of drug-likeness (QED) is 0.523. The Morgan fingerprint density at radius 3 is 2.43 bits per heavy atom. The lowest BCUT2D eigenvalue weighted by Gasteiger charge is -2.09. The van der Waals surface area contributed by atoms with Crippen LogP contribution in [0.4, 0.5) is 14.5 Å². The van der Waals surface area contributed by atoms with Crippen LogP contribution in [0.2, 0.25) is 0 Å². The maximum atomic E-state index is 13.1. The Hall–Kier alpha value is -2.63. The molecule has 0 fully saturated rings. The first kappa shape index (κ1) is 14.8. The second-order valence-corrected chi connectivity index (χ2v) is 4.15. The predicted octanol–water partition coefficient (Wildman–Crippen LogP) is 2.78. The molecule has 0 saturated heterocycles. The van der Waals surface area contributed by atoms with Crippen molar-refractivity contribution in [2.45, 2.75) is 0 Å². The van der Waals surface area contributed by atoms with E-state index in [1.165, 1.54) is 0 Å². The Bertz CT molecular complexity index is 632. The van der Waals surface area contributed by atoms with E-state index in [-0.39, 0.29) is 24.5 Å². The van der Waals surface area contributed by atoms with Gasteiger partial charge >= 0.3 is 5.97 Å². The zero-order valence-corrected chi connectivity index (χ0v) is 11.0. The molecule has 0 amide bonds. The number of rotatable bonds is 5. The van der Waals surface area contributed by atoms with E-state index in [4.69, 9.17) is 15.2 Å². The van der Waals surface area contributed by atoms with Crippen LogP contribution in [0.5, 0.6) is 5.75 Å². The number of benzene rings is 2. The van der Waals surface area contributed by atoms with E-state index in [1.807, 2.05) is 18.2 Å². The van der Waals surface area contributed by atoms with Gasteiger partial charge in [-0.25, -0.2) is 13.6 Å². The van der Waals surface area contributed by atoms with Gasteiger partial charge in [0.25, 0.3) is 0 Å². The van der Waals surface area contributed by atoms with Crippen LogP contribution in [0.15, 0.2) is 42.5 Å². The van der Waals surface area contributed by atoms with Crippen molar-refractivity contribution in [2.75, 3.05) is 18.9 Å². The first-order valence-electron chi connectivity index (χ1n) is 6.17. The lowest BCUT2D eigenvalue weighted by molar-refractivity contribution is 0.0451. The summed E-state index contributed by atoms with van der Waals surface area (Å²) in [5.41, 5.74) is 5.06. The first-order chi connectivity index (χ1) is 10.1. The van der Waals surface area contributed by atoms with Gasteiger partial charge in [-0.2, -0.15) is 0 Å². The van der Waals surface area contributed by atoms with Crippen LogP contribution >= 0.6 is 0 Å². The smallest absolute Gasteiger partial charge is 0.340 e. The minimum absolute atomic E-state index is 0.0356. The zero-order valence-electron chi connectivity index (χ0n) is 11.0. The molecular formula is C15H13F2NO3. The van der Waals surface area contributed by atoms with Gasteiger partial charge in [-0.1, -0.05) is 18.2 Å². The fraction of sp³-hybridized carbons (Fsp3) is 0.133. The van der Waals surface area contributed by atoms with Crippen LogP contribution in [0.1, 0.15) is 10.4 Å². The van der Waals surface area contributed by atoms with E-state index in [0.717, 1.165) is 6.07 Å². The average Bonchev–Trinajstić information content (AvgIpc) is 2.48. The summed E-state index contributed by atoms with van der Waals surface area (Å²) in [4.78, 5) is 11.7. The summed E-state index contributed by atoms with van der Waals surface area (Å²) < 4.78 is 36.2. The second kappa shape index (κ2) is 6.69. The lowest BCUT2D eigenvalue weighted by Crippen LogP contribution is -2.14. The van der Waals surface area contributed by atoms with Gasteiger partial charge in [0.1, 0.15) is 19.0 Å². The molecule has 0 saturated carbocycles. The van der Waals surface area contributed by atoms with E-state index in [9.17, 15) is 13.6 Å². The van der Waals surface area contributed by atoms with Crippen molar-refractivity contribution in [3.05, 3.63) is 59.7 Å². The predicted molar refractivity (Wildman–Crippen MR) is 73.0 cm³/mol. The molecule has 0 atom stereocenters. The van der Waals surface area contributed by atoms with Crippen molar-refractivity contribution >= 4 is 11.7 Å². The Balaban J connectivity index is 1.86. The molecule has 0 aliphatic carbocycles. The van der Waals surface area contributed by atoms with Gasteiger partial charge in [0, 0.05) is 11.8 Å². The number of halogens is 2. The molecule has 21 heavy (non-hydrogen) atoms. The molecule has 0 bridgehead atoms. The highest BCUT2D eigenvalue weighted by atomic mass is 19.2. The van der Waals surface area contributed by atoms with Crippen LogP contribution in [0.3, 0.4) is 0 Å². The largest absolute Gasteiger partial charge is 0.490 e. The molecule has 0 aromatic heterocycles. The molecule has 2 aromatic carbocycles. The minimum atomic E-state index is -1.16. The standard InChI is InChI=1S/C15H13F2NO3/c16-12-8-11(14(18)9-13(12)17)15(19)21-7-6-20-10-4-2-1-3-5-10/h1-5,8-9H,6-7,18H2. The summed E-state index contributed by atoms with van der Waals surface area (Å²) in [5, 5.41) is 0. The van der Waals surface area contributed by atoms with Crippen LogP contribution in [-0.2, 0) is 4.74 Å². The van der Waals surface area contributed by atoms with Crippen LogP contribution in [0.25, 0.3) is 0 Å². The third-order valence-electron chi connectivity index (χ3n) is 2.64. The molecule has 0 aliphatic rings. The number of ether oxygens (including phenoxy) is 2. The fourth-order valence-corrected chi connectivity index (χ4v) is 1.63. The van der Waals surface area contributed by atoms with Crippen LogP contribution in [-0.4, -0.2) is 19.2 Å². The minimum Gasteiger partial charge on any atom is -0.490 e. The number of para-hydroxylation sites is 1. The van der Waals surface area contributed by atoms with E-state index in [1.54, 1.807) is 12.1 Å². The average molecular weight is 293 g/mol. The van der Waals surface area contributed by atoms with Crippen molar-refractivity contribution in [3.63, 3.8) is 0 Å². The topological polar surface area (TPSA) is 61.6 Å². The Labute approximate surface area is 120 Å². The molecule has 0 aliphatic heterocycles. The monoisotopic (exact) mass is 293 g/mol. The number of carbonyl (C=O) groups excluding carboxylic acids is 1. The Morgan fingerprint density at radius 1 is 1.05 bits per heavy atom. The number of hydrogen-bond donors (Lipinski definition) is 1. The highest BCUT2D eigenvalue weighted by Crippen LogP contribution is 2.18. The molecule has 2 aromatic rings. The number of anilines is 1. The van der Waals surface area contributed by atoms with Gasteiger partial charge in [0.15, 0.2) is 11.6 Å². The summed E-state index contributed by atoms with van der Waals surface area (Å²) in [6, 6.07) is 10.4. The van der Waals surface area contributed by atoms with Crippen molar-refractivity contribution in [3.8, 4) is 5.75 Å². The van der Waals surface area contributed by atoms with E-state index >= 15 is 0 Å². The molecule has 0 unspecified atom stereocenters. The van der Waals surface area contributed by atoms with Crippen molar-refractivity contribution in [1.82, 2.24) is 0 Å². The highest BCUT2D eigenvalue weighted by molar-refractivity contribution is 5.95. The van der Waals surface area contributed by atoms with E-state index < -0.39 is 17.6 Å². The maximum absolute atomic E-state index is 13.1. The summed E-state index contributed by atoms with van der Waals surface area (Å²) in [7, 11) is 0. The number of nitrogen functional groups attached to an aromatic ring is 1. The lowest BCUT2D eigenvalue weighted by atomic mass is 10.1. The van der Waals surface area contributed by atoms with Gasteiger partial charge in [0.2, 0.25) is 0 Å². The molecule has 0 radical (unpaired) electrons. The molecule has 0 spiro atoms. The fourth-order valence-electron chi connectivity index (χ4n) is 1.63. The Kier molecular flexibility index (Phi) is 4.71. The van der Waals surface area contributed by atoms with Crippen LogP contribution in [0, 0.1) is 11.6 Å². The van der Waals surface area contributed by atoms with Gasteiger partial charge in [-0.15, -0.1) is 0 Å². The van der Waals surface area contributed by atoms with Gasteiger partial charge in [-0.05, 0) is 18.2 Å². The van der Waals surface area contributed by atoms with E-state index in [0.29, 0.717) is 11.8 Å². The summed E-state index contributed by atoms with van der Waals surface area (Å²) in [6.07, 6.45) is 0. The van der Waals surface area contributed by atoms with Gasteiger partial charge in [-0.3, -0.25) is 0 Å². The zero-order chi connectivity index (χ0) is 15.2. The number of nitrogens with two attached hydrogens (primary N) is 1. The molecule has 0 heterocycles. The van der Waals surface area contributed by atoms with Crippen molar-refractivity contribution < 1.29 is 23.0 Å². The Morgan fingerprint density at radius 2 is 1.71 bits per heavy atom. The molecule has 6 heteroatoms. The third kappa shape index (κ3) is 3.92. The second-order valence-electron chi connectivity index (χ2n) is 4.15. The van der Waals surface area contributed by atoms with E-state index in [2.05, 4.69) is 0 Å². The summed E-state index contributed by atoms with van der Waals surface area (Å²) in [5.74, 6) is -2.46. The molecule has 2 rings (SSSR count). The molecular weight excluding hydrogens is 280 g/mol. The summed E-state index contributed by atoms with van der Waals surface area (Å²) >= 11 is 0. The number of esters is 1. The van der Waals surface area contributed by atoms with Crippen LogP contribution < -0.4 is 10.5 Å². The van der Waals surface area contributed by atoms with Gasteiger partial charge in [0.05, 0.1) is 5.56 Å². The first-order valence-corrected chi connectivity index (χ1v) is 6.17. The third-order valence-corrected chi connectivity index (χ3v) is 2.64. The molecule has 4 nitrogen and oxygen atoms in total. The van der Waals surface area contributed by atoms with Crippen molar-refractivity contribution in [2.24, 2.45) is 0 Å². The van der Waals surface area contributed by atoms with Gasteiger partial charge < -0.3 is 15.2 Å². The SMILES string of the molecule is Nc1cc(F)c(F)cc1C(=O)OCCOc1ccccc1. The summed E-state index contributed by atoms with van der Waals surface area (Å²) in [6.45, 7) is 0.103. The number of hydrogen-bond acceptors (Lipinski definition) is 4. The number of carbonyl (C=O) groups is 1. The molecule has 110 valence electrons. The maximum Gasteiger partial charge on any atom is 0.340 e.